The molecule has 0 fully saturated rings. The first kappa shape index (κ1) is 12.1. The maximum Gasteiger partial charge on any atom is 0.277 e. The molecule has 0 spiro atoms. The summed E-state index contributed by atoms with van der Waals surface area (Å²) in [5.74, 6) is 0. The van der Waals surface area contributed by atoms with Crippen LogP contribution in [0.4, 0.5) is 0 Å². The molecule has 0 atom stereocenters. The molecule has 17 heavy (non-hydrogen) atoms. The minimum atomic E-state index is -3.57. The van der Waals surface area contributed by atoms with Gasteiger partial charge in [0.1, 0.15) is 6.61 Å². The standard InChI is InChI=1S/C11H13NO4S/c13-17(14,11-7-9-15-16-11)12-8-6-10-4-2-1-3-5-10/h1-5,7,12H,6,8-9H2. The molecule has 1 N–H and O–H groups in total. The van der Waals surface area contributed by atoms with Crippen LogP contribution < -0.4 is 4.72 Å². The normalized spacial score (nSPS) is 15.4. The fourth-order valence-corrected chi connectivity index (χ4v) is 2.37. The van der Waals surface area contributed by atoms with Crippen LogP contribution in [0.3, 0.4) is 0 Å². The van der Waals surface area contributed by atoms with Gasteiger partial charge in [0.2, 0.25) is 0 Å². The third kappa shape index (κ3) is 3.29. The largest absolute Gasteiger partial charge is 0.324 e. The zero-order valence-corrected chi connectivity index (χ0v) is 9.94. The van der Waals surface area contributed by atoms with E-state index < -0.39 is 10.0 Å². The molecule has 0 saturated heterocycles. The highest BCUT2D eigenvalue weighted by Crippen LogP contribution is 2.12. The van der Waals surface area contributed by atoms with Gasteiger partial charge in [-0.05, 0) is 12.0 Å². The van der Waals surface area contributed by atoms with Gasteiger partial charge < -0.3 is 4.89 Å². The van der Waals surface area contributed by atoms with E-state index in [4.69, 9.17) is 0 Å². The van der Waals surface area contributed by atoms with Crippen molar-refractivity contribution in [1.82, 2.24) is 4.72 Å². The van der Waals surface area contributed by atoms with Gasteiger partial charge in [0.05, 0.1) is 0 Å². The lowest BCUT2D eigenvalue weighted by Gasteiger charge is -2.06. The molecule has 1 aliphatic rings. The number of rotatable bonds is 5. The van der Waals surface area contributed by atoms with E-state index in [1.54, 1.807) is 0 Å². The Morgan fingerprint density at radius 2 is 2.00 bits per heavy atom. The Balaban J connectivity index is 1.86. The Bertz CT molecular complexity index is 495. The summed E-state index contributed by atoms with van der Waals surface area (Å²) in [5, 5.41) is -0.162. The van der Waals surface area contributed by atoms with E-state index in [0.717, 1.165) is 5.56 Å². The highest BCUT2D eigenvalue weighted by molar-refractivity contribution is 7.93. The van der Waals surface area contributed by atoms with E-state index >= 15 is 0 Å². The van der Waals surface area contributed by atoms with Crippen molar-refractivity contribution in [3.8, 4) is 0 Å². The average Bonchev–Trinajstić information content (AvgIpc) is 2.84. The van der Waals surface area contributed by atoms with Crippen LogP contribution in [0, 0.1) is 0 Å². The second kappa shape index (κ2) is 5.31. The van der Waals surface area contributed by atoms with Crippen LogP contribution in [0.5, 0.6) is 0 Å². The van der Waals surface area contributed by atoms with Crippen LogP contribution in [0.2, 0.25) is 0 Å². The highest BCUT2D eigenvalue weighted by Gasteiger charge is 2.23. The second-order valence-corrected chi connectivity index (χ2v) is 5.22. The van der Waals surface area contributed by atoms with Crippen LogP contribution in [-0.4, -0.2) is 21.6 Å². The van der Waals surface area contributed by atoms with Crippen molar-refractivity contribution in [1.29, 1.82) is 0 Å². The molecule has 1 heterocycles. The van der Waals surface area contributed by atoms with E-state index in [9.17, 15) is 8.42 Å². The van der Waals surface area contributed by atoms with Crippen LogP contribution in [0.15, 0.2) is 41.5 Å². The van der Waals surface area contributed by atoms with Crippen molar-refractivity contribution in [3.63, 3.8) is 0 Å². The first-order valence-electron chi connectivity index (χ1n) is 5.22. The molecule has 5 nitrogen and oxygen atoms in total. The van der Waals surface area contributed by atoms with E-state index in [1.807, 2.05) is 30.3 Å². The average molecular weight is 255 g/mol. The summed E-state index contributed by atoms with van der Waals surface area (Å²) >= 11 is 0. The van der Waals surface area contributed by atoms with E-state index in [0.29, 0.717) is 13.0 Å². The van der Waals surface area contributed by atoms with Gasteiger partial charge in [-0.3, -0.25) is 0 Å². The number of hydrogen-bond acceptors (Lipinski definition) is 4. The molecule has 0 aromatic heterocycles. The van der Waals surface area contributed by atoms with Gasteiger partial charge in [-0.25, -0.2) is 13.1 Å². The van der Waals surface area contributed by atoms with E-state index in [-0.39, 0.29) is 11.7 Å². The molecule has 0 aliphatic carbocycles. The summed E-state index contributed by atoms with van der Waals surface area (Å²) in [6, 6.07) is 9.65. The van der Waals surface area contributed by atoms with Crippen molar-refractivity contribution < 1.29 is 18.2 Å². The molecule has 0 unspecified atom stereocenters. The summed E-state index contributed by atoms with van der Waals surface area (Å²) in [4.78, 5) is 9.03. The lowest BCUT2D eigenvalue weighted by Crippen LogP contribution is -2.27. The summed E-state index contributed by atoms with van der Waals surface area (Å²) in [7, 11) is -3.57. The van der Waals surface area contributed by atoms with Crippen LogP contribution in [-0.2, 0) is 26.2 Å². The first-order chi connectivity index (χ1) is 8.18. The summed E-state index contributed by atoms with van der Waals surface area (Å²) in [5.41, 5.74) is 1.08. The van der Waals surface area contributed by atoms with Crippen molar-refractivity contribution in [2.75, 3.05) is 13.2 Å². The summed E-state index contributed by atoms with van der Waals surface area (Å²) in [6.45, 7) is 0.488. The minimum Gasteiger partial charge on any atom is -0.324 e. The number of sulfonamides is 1. The monoisotopic (exact) mass is 255 g/mol. The van der Waals surface area contributed by atoms with Crippen molar-refractivity contribution in [2.45, 2.75) is 6.42 Å². The Labute approximate surface area is 100 Å². The van der Waals surface area contributed by atoms with Crippen molar-refractivity contribution >= 4 is 10.0 Å². The zero-order chi connectivity index (χ0) is 12.1. The lowest BCUT2D eigenvalue weighted by molar-refractivity contribution is -0.226. The Morgan fingerprint density at radius 1 is 1.24 bits per heavy atom. The molecule has 0 bridgehead atoms. The molecule has 0 amide bonds. The Morgan fingerprint density at radius 3 is 2.65 bits per heavy atom. The molecule has 6 heteroatoms. The van der Waals surface area contributed by atoms with Crippen molar-refractivity contribution in [3.05, 3.63) is 47.1 Å². The third-order valence-electron chi connectivity index (χ3n) is 2.27. The second-order valence-electron chi connectivity index (χ2n) is 3.52. The Kier molecular flexibility index (Phi) is 3.78. The predicted octanol–water partition coefficient (Wildman–Crippen LogP) is 0.952. The quantitative estimate of drug-likeness (QED) is 0.796. The highest BCUT2D eigenvalue weighted by atomic mass is 32.2. The topological polar surface area (TPSA) is 64.6 Å². The van der Waals surface area contributed by atoms with Crippen LogP contribution in [0.1, 0.15) is 5.56 Å². The summed E-state index contributed by atoms with van der Waals surface area (Å²) < 4.78 is 25.7. The van der Waals surface area contributed by atoms with Gasteiger partial charge in [-0.15, -0.1) is 0 Å². The molecule has 2 rings (SSSR count). The van der Waals surface area contributed by atoms with Crippen LogP contribution in [0.25, 0.3) is 0 Å². The SMILES string of the molecule is O=S(=O)(NCCc1ccccc1)C1=CCOO1. The van der Waals surface area contributed by atoms with Gasteiger partial charge in [0, 0.05) is 12.6 Å². The van der Waals surface area contributed by atoms with Gasteiger partial charge in [-0.1, -0.05) is 30.3 Å². The fourth-order valence-electron chi connectivity index (χ4n) is 1.43. The number of benzene rings is 1. The molecular weight excluding hydrogens is 242 g/mol. The van der Waals surface area contributed by atoms with Crippen molar-refractivity contribution in [2.24, 2.45) is 0 Å². The van der Waals surface area contributed by atoms with Gasteiger partial charge in [0.15, 0.2) is 0 Å². The maximum absolute atomic E-state index is 11.6. The molecule has 1 aromatic rings. The smallest absolute Gasteiger partial charge is 0.277 e. The predicted molar refractivity (Wildman–Crippen MR) is 62.2 cm³/mol. The molecule has 0 radical (unpaired) electrons. The molecule has 92 valence electrons. The van der Waals surface area contributed by atoms with Gasteiger partial charge in [0.25, 0.3) is 15.1 Å². The summed E-state index contributed by atoms with van der Waals surface area (Å²) in [6.07, 6.45) is 2.01. The number of hydrogen-bond donors (Lipinski definition) is 1. The first-order valence-corrected chi connectivity index (χ1v) is 6.70. The molecule has 0 saturated carbocycles. The fraction of sp³-hybridized carbons (Fsp3) is 0.273. The third-order valence-corrected chi connectivity index (χ3v) is 3.62. The van der Waals surface area contributed by atoms with E-state index in [1.165, 1.54) is 6.08 Å². The Hall–Kier alpha value is -1.37. The lowest BCUT2D eigenvalue weighted by atomic mass is 10.2. The van der Waals surface area contributed by atoms with Gasteiger partial charge in [-0.2, -0.15) is 4.89 Å². The molecule has 1 aromatic carbocycles. The van der Waals surface area contributed by atoms with Crippen LogP contribution >= 0.6 is 0 Å². The zero-order valence-electron chi connectivity index (χ0n) is 9.13. The number of nitrogens with one attached hydrogen (secondary N) is 1. The maximum atomic E-state index is 11.6. The van der Waals surface area contributed by atoms with Gasteiger partial charge >= 0.3 is 0 Å². The van der Waals surface area contributed by atoms with E-state index in [2.05, 4.69) is 14.5 Å². The minimum absolute atomic E-state index is 0.162. The molecular formula is C11H13NO4S. The molecule has 1 aliphatic heterocycles.